The Labute approximate surface area is 133 Å². The molecule has 24 heavy (non-hydrogen) atoms. The highest BCUT2D eigenvalue weighted by Crippen LogP contribution is 2.28. The van der Waals surface area contributed by atoms with Crippen molar-refractivity contribution in [1.82, 2.24) is 9.88 Å². The molecule has 3 rings (SSSR count). The molecule has 7 nitrogen and oxygen atoms in total. The first-order valence-electron chi connectivity index (χ1n) is 6.88. The summed E-state index contributed by atoms with van der Waals surface area (Å²) in [5, 5.41) is 1.97. The monoisotopic (exact) mass is 335 g/mol. The summed E-state index contributed by atoms with van der Waals surface area (Å²) < 4.78 is 34.1. The van der Waals surface area contributed by atoms with Gasteiger partial charge in [0.25, 0.3) is 17.4 Å². The van der Waals surface area contributed by atoms with E-state index in [9.17, 15) is 23.2 Å². The number of nitrogens with one attached hydrogen (secondary N) is 1. The largest absolute Gasteiger partial charge is 0.494 e. The number of halogens is 2. The van der Waals surface area contributed by atoms with E-state index in [0.717, 1.165) is 18.2 Å². The summed E-state index contributed by atoms with van der Waals surface area (Å²) in [4.78, 5) is 35.5. The number of nitrogens with two attached hydrogens (primary N) is 1. The van der Waals surface area contributed by atoms with Gasteiger partial charge in [-0.15, -0.1) is 0 Å². The molecular weight excluding hydrogens is 324 g/mol. The van der Waals surface area contributed by atoms with Gasteiger partial charge in [-0.1, -0.05) is 0 Å². The van der Waals surface area contributed by atoms with Crippen molar-refractivity contribution in [3.63, 3.8) is 0 Å². The van der Waals surface area contributed by atoms with Crippen molar-refractivity contribution in [1.29, 1.82) is 0 Å². The Balaban J connectivity index is 2.29. The maximum Gasteiger partial charge on any atom is 0.262 e. The number of aromatic nitrogens is 1. The number of ether oxygens (including phenoxy) is 1. The van der Waals surface area contributed by atoms with Gasteiger partial charge in [0.15, 0.2) is 11.6 Å². The quantitative estimate of drug-likeness (QED) is 0.814. The zero-order valence-corrected chi connectivity index (χ0v) is 12.4. The number of imide groups is 1. The highest BCUT2D eigenvalue weighted by atomic mass is 19.1. The fraction of sp³-hybridized carbons (Fsp3) is 0.133. The van der Waals surface area contributed by atoms with Crippen LogP contribution in [0.25, 0.3) is 5.69 Å². The molecule has 1 aliphatic rings. The normalized spacial score (nSPS) is 13.0. The Morgan fingerprint density at radius 2 is 1.75 bits per heavy atom. The zero-order chi connectivity index (χ0) is 17.6. The van der Waals surface area contributed by atoms with Crippen LogP contribution in [0, 0.1) is 11.6 Å². The number of carbonyl (C=O) groups is 2. The number of pyridine rings is 1. The maximum atomic E-state index is 14.3. The fourth-order valence-electron chi connectivity index (χ4n) is 2.52. The highest BCUT2D eigenvalue weighted by Gasteiger charge is 2.32. The first kappa shape index (κ1) is 15.7. The van der Waals surface area contributed by atoms with E-state index in [1.165, 1.54) is 0 Å². The average molecular weight is 335 g/mol. The third-order valence-corrected chi connectivity index (χ3v) is 3.48. The topological polar surface area (TPSA) is 103 Å². The molecule has 0 fully saturated rings. The Morgan fingerprint density at radius 3 is 2.33 bits per heavy atom. The second kappa shape index (κ2) is 5.44. The van der Waals surface area contributed by atoms with E-state index in [-0.39, 0.29) is 23.5 Å². The van der Waals surface area contributed by atoms with Crippen molar-refractivity contribution >= 4 is 17.6 Å². The van der Waals surface area contributed by atoms with Gasteiger partial charge in [0.05, 0.1) is 17.7 Å². The summed E-state index contributed by atoms with van der Waals surface area (Å²) in [6.45, 7) is 1.84. The summed E-state index contributed by atoms with van der Waals surface area (Å²) in [6.07, 6.45) is 0. The van der Waals surface area contributed by atoms with Gasteiger partial charge < -0.3 is 10.5 Å². The van der Waals surface area contributed by atoms with Gasteiger partial charge in [0, 0.05) is 18.2 Å². The molecule has 0 saturated carbocycles. The molecule has 0 unspecified atom stereocenters. The second-order valence-corrected chi connectivity index (χ2v) is 4.94. The number of hydrogen-bond acceptors (Lipinski definition) is 5. The maximum absolute atomic E-state index is 14.3. The summed E-state index contributed by atoms with van der Waals surface area (Å²) in [5.74, 6) is -4.42. The van der Waals surface area contributed by atoms with Gasteiger partial charge in [-0.2, -0.15) is 0 Å². The molecule has 2 heterocycles. The van der Waals surface area contributed by atoms with Crippen molar-refractivity contribution in [3.8, 4) is 11.4 Å². The molecule has 0 spiro atoms. The number of hydrogen-bond donors (Lipinski definition) is 2. The van der Waals surface area contributed by atoms with Gasteiger partial charge in [0.2, 0.25) is 0 Å². The third kappa shape index (κ3) is 2.21. The molecule has 3 N–H and O–H groups in total. The standard InChI is InChI=1S/C15H11F2N3O4/c1-2-24-6-3-8(16)12(9(17)4-6)20-10(21)5-7-11(13(20)18)15(23)19-14(7)22/h3-5H,2,18H2,1H3,(H,19,22,23). The van der Waals surface area contributed by atoms with Crippen molar-refractivity contribution in [2.45, 2.75) is 6.92 Å². The van der Waals surface area contributed by atoms with Crippen LogP contribution in [0.2, 0.25) is 0 Å². The van der Waals surface area contributed by atoms with E-state index in [2.05, 4.69) is 0 Å². The molecule has 0 bridgehead atoms. The minimum atomic E-state index is -1.10. The summed E-state index contributed by atoms with van der Waals surface area (Å²) in [5.41, 5.74) is 3.51. The second-order valence-electron chi connectivity index (χ2n) is 4.94. The molecule has 9 heteroatoms. The summed E-state index contributed by atoms with van der Waals surface area (Å²) in [6, 6.07) is 2.60. The molecule has 124 valence electrons. The van der Waals surface area contributed by atoms with Crippen LogP contribution < -0.4 is 21.3 Å². The van der Waals surface area contributed by atoms with Crippen LogP contribution >= 0.6 is 0 Å². The van der Waals surface area contributed by atoms with Crippen LogP contribution in [-0.4, -0.2) is 23.0 Å². The molecule has 0 aliphatic carbocycles. The Hall–Kier alpha value is -3.23. The van der Waals surface area contributed by atoms with Crippen molar-refractivity contribution in [2.75, 3.05) is 12.3 Å². The minimum absolute atomic E-state index is 0.0584. The van der Waals surface area contributed by atoms with E-state index in [1.807, 2.05) is 5.32 Å². The lowest BCUT2D eigenvalue weighted by Gasteiger charge is -2.14. The highest BCUT2D eigenvalue weighted by molar-refractivity contribution is 6.23. The van der Waals surface area contributed by atoms with Gasteiger partial charge in [-0.25, -0.2) is 8.78 Å². The van der Waals surface area contributed by atoms with Gasteiger partial charge in [-0.3, -0.25) is 24.3 Å². The van der Waals surface area contributed by atoms with Crippen LogP contribution in [0.5, 0.6) is 5.75 Å². The Bertz CT molecular complexity index is 929. The molecule has 2 aromatic rings. The molecule has 0 saturated heterocycles. The molecule has 0 radical (unpaired) electrons. The first-order chi connectivity index (χ1) is 11.3. The van der Waals surface area contributed by atoms with Crippen LogP contribution in [0.15, 0.2) is 23.0 Å². The van der Waals surface area contributed by atoms with Crippen molar-refractivity contribution in [3.05, 3.63) is 51.3 Å². The predicted molar refractivity (Wildman–Crippen MR) is 79.3 cm³/mol. The lowest BCUT2D eigenvalue weighted by atomic mass is 10.1. The van der Waals surface area contributed by atoms with Gasteiger partial charge >= 0.3 is 0 Å². The SMILES string of the molecule is CCOc1cc(F)c(-n2c(N)c3c(cc2=O)C(=O)NC3=O)c(F)c1. The molecule has 1 aliphatic heterocycles. The minimum Gasteiger partial charge on any atom is -0.494 e. The molecule has 1 aromatic heterocycles. The Kier molecular flexibility index (Phi) is 3.55. The third-order valence-electron chi connectivity index (χ3n) is 3.48. The lowest BCUT2D eigenvalue weighted by Crippen LogP contribution is -2.25. The molecule has 2 amide bonds. The van der Waals surface area contributed by atoms with E-state index >= 15 is 0 Å². The van der Waals surface area contributed by atoms with Crippen molar-refractivity contribution in [2.24, 2.45) is 0 Å². The number of nitrogens with zero attached hydrogens (tertiary/aromatic N) is 1. The van der Waals surface area contributed by atoms with E-state index in [0.29, 0.717) is 4.57 Å². The van der Waals surface area contributed by atoms with Crippen LogP contribution in [0.1, 0.15) is 27.6 Å². The smallest absolute Gasteiger partial charge is 0.262 e. The number of carbonyl (C=O) groups excluding carboxylic acids is 2. The number of amides is 2. The average Bonchev–Trinajstić information content (AvgIpc) is 2.76. The molecule has 0 atom stereocenters. The van der Waals surface area contributed by atoms with Crippen LogP contribution in [-0.2, 0) is 0 Å². The Morgan fingerprint density at radius 1 is 1.12 bits per heavy atom. The van der Waals surface area contributed by atoms with Gasteiger partial charge in [-0.05, 0) is 6.92 Å². The summed E-state index contributed by atoms with van der Waals surface area (Å²) in [7, 11) is 0. The number of benzene rings is 1. The van der Waals surface area contributed by atoms with E-state index in [1.54, 1.807) is 6.92 Å². The number of nitrogen functional groups attached to an aromatic ring is 1. The summed E-state index contributed by atoms with van der Waals surface area (Å²) >= 11 is 0. The van der Waals surface area contributed by atoms with E-state index < -0.39 is 40.5 Å². The molecule has 1 aromatic carbocycles. The fourth-order valence-corrected chi connectivity index (χ4v) is 2.52. The van der Waals surface area contributed by atoms with Crippen molar-refractivity contribution < 1.29 is 23.1 Å². The van der Waals surface area contributed by atoms with Gasteiger partial charge in [0.1, 0.15) is 17.3 Å². The number of rotatable bonds is 3. The van der Waals surface area contributed by atoms with E-state index in [4.69, 9.17) is 10.5 Å². The number of anilines is 1. The van der Waals surface area contributed by atoms with Crippen LogP contribution in [0.4, 0.5) is 14.6 Å². The lowest BCUT2D eigenvalue weighted by molar-refractivity contribution is 0.0880. The zero-order valence-electron chi connectivity index (χ0n) is 12.4. The number of fused-ring (bicyclic) bond motifs is 1. The first-order valence-corrected chi connectivity index (χ1v) is 6.88. The predicted octanol–water partition coefficient (Wildman–Crippen LogP) is 0.980. The van der Waals surface area contributed by atoms with Crippen LogP contribution in [0.3, 0.4) is 0 Å². The molecular formula is C15H11F2N3O4.